The lowest BCUT2D eigenvalue weighted by Gasteiger charge is -2.24. The molecule has 0 radical (unpaired) electrons. The van der Waals surface area contributed by atoms with Crippen LogP contribution < -0.4 is 10.1 Å². The molecule has 1 N–H and O–H groups in total. The molecular formula is C18H28N2O2. The topological polar surface area (TPSA) is 33.7 Å². The number of hydrogen-bond donors (Lipinski definition) is 1. The molecule has 1 aromatic rings. The molecular weight excluding hydrogens is 276 g/mol. The first-order valence-electron chi connectivity index (χ1n) is 8.57. The van der Waals surface area contributed by atoms with Crippen LogP contribution in [0.4, 0.5) is 0 Å². The minimum atomic E-state index is 0.284. The summed E-state index contributed by atoms with van der Waals surface area (Å²) in [5.41, 5.74) is 1.37. The molecule has 22 heavy (non-hydrogen) atoms. The van der Waals surface area contributed by atoms with Crippen LogP contribution in [0.2, 0.25) is 0 Å². The number of ether oxygens (including phenoxy) is 2. The van der Waals surface area contributed by atoms with E-state index in [2.05, 4.69) is 34.5 Å². The smallest absolute Gasteiger partial charge is 0.119 e. The SMILES string of the molecule is CNCC1CCCN1Cc1ccc(OCC2CCCO2)cc1. The Morgan fingerprint density at radius 3 is 2.82 bits per heavy atom. The molecule has 2 aliphatic heterocycles. The molecule has 0 saturated carbocycles. The highest BCUT2D eigenvalue weighted by Gasteiger charge is 2.23. The average Bonchev–Trinajstić information content (AvgIpc) is 3.19. The molecule has 0 aliphatic carbocycles. The third-order valence-corrected chi connectivity index (χ3v) is 4.71. The monoisotopic (exact) mass is 304 g/mol. The van der Waals surface area contributed by atoms with Crippen molar-refractivity contribution in [1.82, 2.24) is 10.2 Å². The minimum Gasteiger partial charge on any atom is -0.491 e. The lowest BCUT2D eigenvalue weighted by atomic mass is 10.1. The van der Waals surface area contributed by atoms with Crippen LogP contribution in [-0.2, 0) is 11.3 Å². The molecule has 0 amide bonds. The molecule has 2 atom stereocenters. The zero-order valence-electron chi connectivity index (χ0n) is 13.6. The van der Waals surface area contributed by atoms with E-state index in [0.29, 0.717) is 12.6 Å². The first-order chi connectivity index (χ1) is 10.8. The van der Waals surface area contributed by atoms with Gasteiger partial charge in [-0.2, -0.15) is 0 Å². The first kappa shape index (κ1) is 15.8. The Morgan fingerprint density at radius 2 is 2.09 bits per heavy atom. The zero-order chi connectivity index (χ0) is 15.2. The molecule has 3 rings (SSSR count). The van der Waals surface area contributed by atoms with Gasteiger partial charge in [-0.25, -0.2) is 0 Å². The van der Waals surface area contributed by atoms with Crippen LogP contribution in [0.1, 0.15) is 31.2 Å². The number of likely N-dealkylation sites (N-methyl/N-ethyl adjacent to an activating group) is 1. The van der Waals surface area contributed by atoms with Crippen LogP contribution in [-0.4, -0.2) is 50.4 Å². The van der Waals surface area contributed by atoms with E-state index in [4.69, 9.17) is 9.47 Å². The normalized spacial score (nSPS) is 25.7. The van der Waals surface area contributed by atoms with Crippen molar-refractivity contribution in [3.8, 4) is 5.75 Å². The highest BCUT2D eigenvalue weighted by Crippen LogP contribution is 2.21. The highest BCUT2D eigenvalue weighted by atomic mass is 16.5. The van der Waals surface area contributed by atoms with Gasteiger partial charge < -0.3 is 14.8 Å². The summed E-state index contributed by atoms with van der Waals surface area (Å²) in [5.74, 6) is 0.951. The van der Waals surface area contributed by atoms with Crippen LogP contribution in [0.25, 0.3) is 0 Å². The first-order valence-corrected chi connectivity index (χ1v) is 8.57. The maximum Gasteiger partial charge on any atom is 0.119 e. The van der Waals surface area contributed by atoms with Crippen molar-refractivity contribution in [1.29, 1.82) is 0 Å². The average molecular weight is 304 g/mol. The van der Waals surface area contributed by atoms with E-state index in [1.807, 2.05) is 7.05 Å². The maximum atomic E-state index is 5.83. The molecule has 4 nitrogen and oxygen atoms in total. The number of rotatable bonds is 7. The Hall–Kier alpha value is -1.10. The van der Waals surface area contributed by atoms with Gasteiger partial charge in [0.25, 0.3) is 0 Å². The van der Waals surface area contributed by atoms with Crippen LogP contribution in [0.5, 0.6) is 5.75 Å². The van der Waals surface area contributed by atoms with Crippen molar-refractivity contribution in [2.75, 3.05) is 33.4 Å². The summed E-state index contributed by atoms with van der Waals surface area (Å²) in [4.78, 5) is 2.58. The Balaban J connectivity index is 1.48. The standard InChI is InChI=1S/C18H28N2O2/c1-19-12-16-4-2-10-20(16)13-15-6-8-17(9-7-15)22-14-18-5-3-11-21-18/h6-9,16,18-19H,2-5,10-14H2,1H3. The molecule has 4 heteroatoms. The summed E-state index contributed by atoms with van der Waals surface area (Å²) in [6.07, 6.45) is 5.20. The van der Waals surface area contributed by atoms with Gasteiger partial charge in [0.1, 0.15) is 12.4 Å². The minimum absolute atomic E-state index is 0.284. The molecule has 2 fully saturated rings. The van der Waals surface area contributed by atoms with Gasteiger partial charge >= 0.3 is 0 Å². The summed E-state index contributed by atoms with van der Waals surface area (Å²) in [7, 11) is 2.04. The highest BCUT2D eigenvalue weighted by molar-refractivity contribution is 5.27. The molecule has 122 valence electrons. The van der Waals surface area contributed by atoms with Crippen LogP contribution in [0, 0.1) is 0 Å². The van der Waals surface area contributed by atoms with Gasteiger partial charge in [-0.05, 0) is 57.0 Å². The van der Waals surface area contributed by atoms with E-state index in [1.165, 1.54) is 24.9 Å². The number of likely N-dealkylation sites (tertiary alicyclic amines) is 1. The molecule has 2 heterocycles. The summed E-state index contributed by atoms with van der Waals surface area (Å²) < 4.78 is 11.4. The number of nitrogens with one attached hydrogen (secondary N) is 1. The largest absolute Gasteiger partial charge is 0.491 e. The van der Waals surface area contributed by atoms with Crippen molar-refractivity contribution in [2.45, 2.75) is 44.4 Å². The fourth-order valence-electron chi connectivity index (χ4n) is 3.46. The quantitative estimate of drug-likeness (QED) is 0.839. The van der Waals surface area contributed by atoms with Crippen molar-refractivity contribution in [3.05, 3.63) is 29.8 Å². The molecule has 0 aromatic heterocycles. The van der Waals surface area contributed by atoms with E-state index >= 15 is 0 Å². The molecule has 2 aliphatic rings. The van der Waals surface area contributed by atoms with Crippen molar-refractivity contribution in [3.63, 3.8) is 0 Å². The Kier molecular flexibility index (Phi) is 5.70. The predicted octanol–water partition coefficient (Wildman–Crippen LogP) is 2.43. The second-order valence-electron chi connectivity index (χ2n) is 6.41. The van der Waals surface area contributed by atoms with E-state index in [-0.39, 0.29) is 6.10 Å². The van der Waals surface area contributed by atoms with E-state index in [0.717, 1.165) is 38.3 Å². The van der Waals surface area contributed by atoms with E-state index in [9.17, 15) is 0 Å². The summed E-state index contributed by atoms with van der Waals surface area (Å²) in [6.45, 7) is 4.90. The fraction of sp³-hybridized carbons (Fsp3) is 0.667. The van der Waals surface area contributed by atoms with Gasteiger partial charge in [0.15, 0.2) is 0 Å². The summed E-state index contributed by atoms with van der Waals surface area (Å²) in [5, 5.41) is 3.30. The fourth-order valence-corrected chi connectivity index (χ4v) is 3.46. The lowest BCUT2D eigenvalue weighted by Crippen LogP contribution is -2.36. The lowest BCUT2D eigenvalue weighted by molar-refractivity contribution is 0.0679. The Bertz CT molecular complexity index is 443. The van der Waals surface area contributed by atoms with Gasteiger partial charge in [-0.15, -0.1) is 0 Å². The second kappa shape index (κ2) is 7.95. The van der Waals surface area contributed by atoms with Gasteiger partial charge in [-0.3, -0.25) is 4.90 Å². The molecule has 1 aromatic carbocycles. The summed E-state index contributed by atoms with van der Waals surface area (Å²) in [6, 6.07) is 9.25. The van der Waals surface area contributed by atoms with Crippen LogP contribution >= 0.6 is 0 Å². The van der Waals surface area contributed by atoms with Crippen molar-refractivity contribution < 1.29 is 9.47 Å². The summed E-state index contributed by atoms with van der Waals surface area (Å²) >= 11 is 0. The van der Waals surface area contributed by atoms with Gasteiger partial charge in [0.05, 0.1) is 6.10 Å². The van der Waals surface area contributed by atoms with Crippen molar-refractivity contribution in [2.24, 2.45) is 0 Å². The Labute approximate surface area is 133 Å². The molecule has 2 saturated heterocycles. The van der Waals surface area contributed by atoms with Gasteiger partial charge in [-0.1, -0.05) is 12.1 Å². The van der Waals surface area contributed by atoms with Crippen LogP contribution in [0.3, 0.4) is 0 Å². The van der Waals surface area contributed by atoms with Crippen molar-refractivity contribution >= 4 is 0 Å². The van der Waals surface area contributed by atoms with E-state index in [1.54, 1.807) is 0 Å². The maximum absolute atomic E-state index is 5.83. The third kappa shape index (κ3) is 4.22. The zero-order valence-corrected chi connectivity index (χ0v) is 13.6. The van der Waals surface area contributed by atoms with E-state index < -0.39 is 0 Å². The Morgan fingerprint density at radius 1 is 1.23 bits per heavy atom. The second-order valence-corrected chi connectivity index (χ2v) is 6.41. The number of hydrogen-bond acceptors (Lipinski definition) is 4. The number of nitrogens with zero attached hydrogens (tertiary/aromatic N) is 1. The molecule has 2 unspecified atom stereocenters. The molecule has 0 bridgehead atoms. The van der Waals surface area contributed by atoms with Crippen LogP contribution in [0.15, 0.2) is 24.3 Å². The van der Waals surface area contributed by atoms with Gasteiger partial charge in [0, 0.05) is 25.7 Å². The third-order valence-electron chi connectivity index (χ3n) is 4.71. The number of benzene rings is 1. The van der Waals surface area contributed by atoms with Gasteiger partial charge in [0.2, 0.25) is 0 Å². The molecule has 0 spiro atoms. The predicted molar refractivity (Wildman–Crippen MR) is 88.3 cm³/mol.